The van der Waals surface area contributed by atoms with Crippen molar-refractivity contribution < 1.29 is 4.92 Å². The van der Waals surface area contributed by atoms with Gasteiger partial charge in [0.1, 0.15) is 5.69 Å². The maximum atomic E-state index is 10.9. The molecule has 0 aromatic heterocycles. The van der Waals surface area contributed by atoms with Gasteiger partial charge in [0.15, 0.2) is 0 Å². The van der Waals surface area contributed by atoms with E-state index in [-0.39, 0.29) is 5.69 Å². The molecule has 94 valence electrons. The number of nitro benzene ring substituents is 1. The lowest BCUT2D eigenvalue weighted by atomic mass is 10.1. The topological polar surface area (TPSA) is 91.0 Å². The summed E-state index contributed by atoms with van der Waals surface area (Å²) in [5.41, 5.74) is 0.714. The minimum absolute atomic E-state index is 0.0490. The van der Waals surface area contributed by atoms with Crippen LogP contribution in [0.1, 0.15) is 18.4 Å². The van der Waals surface area contributed by atoms with E-state index in [4.69, 9.17) is 5.26 Å². The van der Waals surface area contributed by atoms with Crippen LogP contribution in [0.3, 0.4) is 0 Å². The highest BCUT2D eigenvalue weighted by molar-refractivity contribution is 5.64. The Hall–Kier alpha value is -2.13. The van der Waals surface area contributed by atoms with Gasteiger partial charge in [-0.3, -0.25) is 10.1 Å². The van der Waals surface area contributed by atoms with Crippen molar-refractivity contribution in [3.8, 4) is 6.07 Å². The van der Waals surface area contributed by atoms with E-state index in [2.05, 4.69) is 10.6 Å². The Bertz CT molecular complexity index is 489. The summed E-state index contributed by atoms with van der Waals surface area (Å²) in [6.45, 7) is 1.66. The van der Waals surface area contributed by atoms with Crippen LogP contribution in [-0.2, 0) is 0 Å². The average Bonchev–Trinajstić information content (AvgIpc) is 2.89. The molecule has 2 rings (SSSR count). The van der Waals surface area contributed by atoms with Gasteiger partial charge in [-0.15, -0.1) is 0 Å². The maximum absolute atomic E-state index is 10.9. The van der Waals surface area contributed by atoms with Gasteiger partial charge >= 0.3 is 0 Å². The zero-order valence-corrected chi connectivity index (χ0v) is 9.85. The quantitative estimate of drug-likeness (QED) is 0.622. The second kappa shape index (κ2) is 5.47. The van der Waals surface area contributed by atoms with E-state index in [9.17, 15) is 10.1 Å². The first-order valence-corrected chi connectivity index (χ1v) is 5.86. The lowest BCUT2D eigenvalue weighted by Crippen LogP contribution is -2.29. The number of hydrogen-bond acceptors (Lipinski definition) is 5. The van der Waals surface area contributed by atoms with E-state index in [0.717, 1.165) is 19.4 Å². The number of rotatable bonds is 4. The van der Waals surface area contributed by atoms with Gasteiger partial charge in [0, 0.05) is 18.7 Å². The fraction of sp³-hybridized carbons (Fsp3) is 0.417. The van der Waals surface area contributed by atoms with Crippen molar-refractivity contribution in [3.05, 3.63) is 33.9 Å². The number of anilines is 1. The normalized spacial score (nSPS) is 18.3. The molecular weight excluding hydrogens is 232 g/mol. The number of nitrogens with one attached hydrogen (secondary N) is 2. The molecule has 2 N–H and O–H groups in total. The van der Waals surface area contributed by atoms with Gasteiger partial charge in [-0.05, 0) is 31.5 Å². The molecule has 0 saturated carbocycles. The Labute approximate surface area is 105 Å². The zero-order chi connectivity index (χ0) is 13.0. The van der Waals surface area contributed by atoms with E-state index in [1.165, 1.54) is 6.07 Å². The molecule has 6 nitrogen and oxygen atoms in total. The third kappa shape index (κ3) is 2.76. The molecule has 0 spiro atoms. The lowest BCUT2D eigenvalue weighted by molar-refractivity contribution is -0.384. The Balaban J connectivity index is 2.11. The van der Waals surface area contributed by atoms with E-state index in [1.54, 1.807) is 12.1 Å². The lowest BCUT2D eigenvalue weighted by Gasteiger charge is -2.12. The second-order valence-corrected chi connectivity index (χ2v) is 4.28. The van der Waals surface area contributed by atoms with Crippen LogP contribution < -0.4 is 10.6 Å². The maximum Gasteiger partial charge on any atom is 0.293 e. The zero-order valence-electron chi connectivity index (χ0n) is 9.85. The third-order valence-electron chi connectivity index (χ3n) is 3.02. The van der Waals surface area contributed by atoms with Crippen molar-refractivity contribution in [2.75, 3.05) is 18.4 Å². The summed E-state index contributed by atoms with van der Waals surface area (Å²) in [5, 5.41) is 26.0. The molecular formula is C12H14N4O2. The van der Waals surface area contributed by atoms with Gasteiger partial charge in [-0.1, -0.05) is 0 Å². The van der Waals surface area contributed by atoms with Gasteiger partial charge in [-0.25, -0.2) is 0 Å². The number of benzene rings is 1. The highest BCUT2D eigenvalue weighted by Gasteiger charge is 2.17. The summed E-state index contributed by atoms with van der Waals surface area (Å²) in [6, 6.07) is 6.73. The number of hydrogen-bond donors (Lipinski definition) is 2. The monoisotopic (exact) mass is 246 g/mol. The average molecular weight is 246 g/mol. The smallest absolute Gasteiger partial charge is 0.293 e. The molecule has 18 heavy (non-hydrogen) atoms. The van der Waals surface area contributed by atoms with E-state index in [0.29, 0.717) is 23.8 Å². The van der Waals surface area contributed by atoms with Crippen molar-refractivity contribution in [1.29, 1.82) is 5.26 Å². The van der Waals surface area contributed by atoms with Crippen LogP contribution in [0.25, 0.3) is 0 Å². The summed E-state index contributed by atoms with van der Waals surface area (Å²) < 4.78 is 0. The highest BCUT2D eigenvalue weighted by atomic mass is 16.6. The fourth-order valence-corrected chi connectivity index (χ4v) is 2.07. The number of nitriles is 1. The van der Waals surface area contributed by atoms with Crippen LogP contribution in [0.2, 0.25) is 0 Å². The Morgan fingerprint density at radius 3 is 3.06 bits per heavy atom. The fourth-order valence-electron chi connectivity index (χ4n) is 2.07. The molecule has 1 unspecified atom stereocenters. The van der Waals surface area contributed by atoms with Crippen LogP contribution in [0.5, 0.6) is 0 Å². The van der Waals surface area contributed by atoms with Crippen LogP contribution in [0.15, 0.2) is 18.2 Å². The Kier molecular flexibility index (Phi) is 3.75. The van der Waals surface area contributed by atoms with Crippen LogP contribution in [0.4, 0.5) is 11.4 Å². The predicted octanol–water partition coefficient (Wildman–Crippen LogP) is 1.63. The van der Waals surface area contributed by atoms with E-state index < -0.39 is 4.92 Å². The number of nitro groups is 1. The van der Waals surface area contributed by atoms with Gasteiger partial charge in [0.05, 0.1) is 16.6 Å². The first-order chi connectivity index (χ1) is 8.70. The Morgan fingerprint density at radius 1 is 1.61 bits per heavy atom. The summed E-state index contributed by atoms with van der Waals surface area (Å²) >= 11 is 0. The van der Waals surface area contributed by atoms with E-state index in [1.807, 2.05) is 6.07 Å². The molecule has 1 aliphatic rings. The van der Waals surface area contributed by atoms with Crippen molar-refractivity contribution in [2.24, 2.45) is 0 Å². The summed E-state index contributed by atoms with van der Waals surface area (Å²) in [6.07, 6.45) is 2.22. The molecule has 1 aromatic rings. The standard InChI is InChI=1S/C12H14N4O2/c13-7-9-3-4-11(12(6-9)16(17)18)15-8-10-2-1-5-14-10/h3-4,6,10,14-15H,1-2,5,8H2. The van der Waals surface area contributed by atoms with Gasteiger partial charge in [-0.2, -0.15) is 5.26 Å². The highest BCUT2D eigenvalue weighted by Crippen LogP contribution is 2.25. The molecule has 1 heterocycles. The minimum atomic E-state index is -0.467. The summed E-state index contributed by atoms with van der Waals surface area (Å²) in [5.74, 6) is 0. The van der Waals surface area contributed by atoms with Crippen molar-refractivity contribution in [1.82, 2.24) is 5.32 Å². The van der Waals surface area contributed by atoms with Gasteiger partial charge in [0.2, 0.25) is 0 Å². The molecule has 0 radical (unpaired) electrons. The van der Waals surface area contributed by atoms with Gasteiger partial charge in [0.25, 0.3) is 5.69 Å². The molecule has 0 bridgehead atoms. The molecule has 0 aliphatic carbocycles. The third-order valence-corrected chi connectivity index (χ3v) is 3.02. The van der Waals surface area contributed by atoms with Gasteiger partial charge < -0.3 is 10.6 Å². The molecule has 1 aliphatic heterocycles. The minimum Gasteiger partial charge on any atom is -0.378 e. The largest absolute Gasteiger partial charge is 0.378 e. The van der Waals surface area contributed by atoms with Crippen molar-refractivity contribution in [3.63, 3.8) is 0 Å². The SMILES string of the molecule is N#Cc1ccc(NCC2CCCN2)c([N+](=O)[O-])c1. The van der Waals surface area contributed by atoms with Crippen molar-refractivity contribution in [2.45, 2.75) is 18.9 Å². The Morgan fingerprint density at radius 2 is 2.44 bits per heavy atom. The molecule has 1 aromatic carbocycles. The van der Waals surface area contributed by atoms with Crippen LogP contribution in [0, 0.1) is 21.4 Å². The van der Waals surface area contributed by atoms with Crippen LogP contribution in [-0.4, -0.2) is 24.1 Å². The number of nitrogens with zero attached hydrogens (tertiary/aromatic N) is 2. The first kappa shape index (κ1) is 12.3. The molecule has 1 atom stereocenters. The summed E-state index contributed by atoms with van der Waals surface area (Å²) in [4.78, 5) is 10.5. The molecule has 6 heteroatoms. The molecule has 0 amide bonds. The predicted molar refractivity (Wildman–Crippen MR) is 67.3 cm³/mol. The summed E-state index contributed by atoms with van der Waals surface area (Å²) in [7, 11) is 0. The van der Waals surface area contributed by atoms with Crippen molar-refractivity contribution >= 4 is 11.4 Å². The van der Waals surface area contributed by atoms with Crippen LogP contribution >= 0.6 is 0 Å². The molecule has 1 fully saturated rings. The molecule has 1 saturated heterocycles. The van der Waals surface area contributed by atoms with E-state index >= 15 is 0 Å². The second-order valence-electron chi connectivity index (χ2n) is 4.28. The first-order valence-electron chi connectivity index (χ1n) is 5.86.